The van der Waals surface area contributed by atoms with Gasteiger partial charge in [0.2, 0.25) is 5.78 Å². The molecule has 5 bridgehead atoms. The van der Waals surface area contributed by atoms with Gasteiger partial charge in [0, 0.05) is 93.8 Å². The first-order chi connectivity index (χ1) is 29.6. The largest absolute Gasteiger partial charge is 0.507 e. The summed E-state index contributed by atoms with van der Waals surface area (Å²) in [7, 11) is 1.44. The molecule has 1 aliphatic carbocycles. The second-order valence-electron chi connectivity index (χ2n) is 18.2. The number of phenolic OH excluding ortho intramolecular Hbond substituents is 1. The lowest BCUT2D eigenvalue weighted by Gasteiger charge is -2.41. The lowest BCUT2D eigenvalue weighted by Crippen LogP contribution is -2.51. The van der Waals surface area contributed by atoms with Crippen LogP contribution >= 0.6 is 0 Å². The van der Waals surface area contributed by atoms with Gasteiger partial charge in [-0.1, -0.05) is 59.8 Å². The fourth-order valence-corrected chi connectivity index (χ4v) is 9.52. The van der Waals surface area contributed by atoms with E-state index in [1.165, 1.54) is 53.2 Å². The quantitative estimate of drug-likeness (QED) is 0.226. The molecule has 1 amide bonds. The van der Waals surface area contributed by atoms with Crippen LogP contribution in [0.15, 0.2) is 57.8 Å². The van der Waals surface area contributed by atoms with Crippen LogP contribution in [0.25, 0.3) is 0 Å². The summed E-state index contributed by atoms with van der Waals surface area (Å²) in [5.74, 6) is -7.71. The van der Waals surface area contributed by atoms with Gasteiger partial charge in [-0.2, -0.15) is 5.01 Å². The summed E-state index contributed by atoms with van der Waals surface area (Å²) in [5.41, 5.74) is -2.05. The van der Waals surface area contributed by atoms with Crippen molar-refractivity contribution in [3.8, 4) is 11.5 Å². The second-order valence-corrected chi connectivity index (χ2v) is 18.2. The Kier molecular flexibility index (Phi) is 13.6. The van der Waals surface area contributed by atoms with Gasteiger partial charge in [-0.3, -0.25) is 24.2 Å². The third kappa shape index (κ3) is 8.47. The number of hydrogen-bond acceptors (Lipinski definition) is 15. The summed E-state index contributed by atoms with van der Waals surface area (Å²) in [6.07, 6.45) is 4.15. The number of rotatable bonds is 5. The predicted octanol–water partition coefficient (Wildman–Crippen LogP) is 5.01. The van der Waals surface area contributed by atoms with Gasteiger partial charge in [0.15, 0.2) is 5.66 Å². The topological polar surface area (TPSA) is 226 Å². The molecule has 0 radical (unpaired) electrons. The van der Waals surface area contributed by atoms with Crippen LogP contribution in [0.1, 0.15) is 107 Å². The minimum Gasteiger partial charge on any atom is -0.507 e. The van der Waals surface area contributed by atoms with Crippen LogP contribution in [0.4, 0.5) is 0 Å². The van der Waals surface area contributed by atoms with Gasteiger partial charge in [0.1, 0.15) is 29.0 Å². The molecule has 0 unspecified atom stereocenters. The first-order valence-electron chi connectivity index (χ1n) is 21.6. The number of nitroso groups, excluding NO2 is 1. The monoisotopic (exact) mass is 875 g/mol. The number of nitrogens with zero attached hydrogens (tertiary/aromatic N) is 4. The van der Waals surface area contributed by atoms with Crippen molar-refractivity contribution in [1.29, 1.82) is 0 Å². The Hall–Kier alpha value is -5.23. The Bertz CT molecular complexity index is 2200. The van der Waals surface area contributed by atoms with Crippen molar-refractivity contribution in [2.24, 2.45) is 39.9 Å². The summed E-state index contributed by atoms with van der Waals surface area (Å²) in [5, 5.41) is 42.0. The number of phenols is 1. The van der Waals surface area contributed by atoms with E-state index in [4.69, 9.17) is 23.9 Å². The van der Waals surface area contributed by atoms with Crippen LogP contribution in [-0.2, 0) is 23.8 Å². The van der Waals surface area contributed by atoms with Gasteiger partial charge in [0.25, 0.3) is 11.7 Å². The molecule has 63 heavy (non-hydrogen) atoms. The molecular weight excluding hydrogens is 815 g/mol. The van der Waals surface area contributed by atoms with Crippen molar-refractivity contribution in [2.45, 2.75) is 118 Å². The second kappa shape index (κ2) is 18.1. The van der Waals surface area contributed by atoms with Gasteiger partial charge in [0.05, 0.1) is 46.7 Å². The number of nitrogens with one attached hydrogen (secondary N) is 1. The summed E-state index contributed by atoms with van der Waals surface area (Å²) < 4.78 is 23.9. The average Bonchev–Trinajstić information content (AvgIpc) is 3.70. The van der Waals surface area contributed by atoms with E-state index in [2.05, 4.69) is 29.4 Å². The highest BCUT2D eigenvalue weighted by molar-refractivity contribution is 6.34. The molecule has 342 valence electrons. The minimum absolute atomic E-state index is 0.00844. The van der Waals surface area contributed by atoms with E-state index >= 15 is 0 Å². The van der Waals surface area contributed by atoms with Gasteiger partial charge in [-0.25, -0.2) is 0 Å². The molecule has 9 atom stereocenters. The number of esters is 1. The third-order valence-corrected chi connectivity index (χ3v) is 13.2. The van der Waals surface area contributed by atoms with E-state index < -0.39 is 88.7 Å². The van der Waals surface area contributed by atoms with Gasteiger partial charge >= 0.3 is 11.8 Å². The number of likely N-dealkylation sites (tertiary alicyclic amines) is 1. The minimum atomic E-state index is -2.06. The molecule has 1 fully saturated rings. The van der Waals surface area contributed by atoms with Crippen LogP contribution in [0.5, 0.6) is 11.5 Å². The molecule has 0 saturated carbocycles. The zero-order chi connectivity index (χ0) is 46.5. The highest BCUT2D eigenvalue weighted by Gasteiger charge is 2.57. The fraction of sp³-hybridized carbons (Fsp3) is 0.587. The maximum atomic E-state index is 14.8. The van der Waals surface area contributed by atoms with E-state index in [-0.39, 0.29) is 50.7 Å². The van der Waals surface area contributed by atoms with Crippen molar-refractivity contribution in [2.75, 3.05) is 26.7 Å². The summed E-state index contributed by atoms with van der Waals surface area (Å²) >= 11 is 0. The number of aromatic hydroxyl groups is 1. The standard InChI is InChI=1S/C46H61N5O12/c1-22(2)21-50-18-16-46(17-19-50)48-34-31-32-39(55)28(8)42-33(31)43(57)45(10,63-42)61-20-15-30(60-11)25(5)41(62-29(9)52)27(7)38(54)26(6)37(53)23(3)13-12-14-24(4)44(58)47-35(40(32)56)36(34)51(46)49-59/h12-15,20,22-23,25-27,30,37-38,41,53-55H,16-19,21H2,1-11H3,(H,47,58)/b13-12+,20-15+,24-14-/t23-,25+,26+,27+,30-,37-,38+,41+,45-/m0/s1. The molecule has 1 spiro atoms. The number of fused-ring (bicyclic) bond motifs is 3. The molecule has 6 rings (SSSR count). The van der Waals surface area contributed by atoms with Gasteiger partial charge in [-0.15, -0.1) is 4.91 Å². The first kappa shape index (κ1) is 47.3. The van der Waals surface area contributed by atoms with Crippen LogP contribution in [0, 0.1) is 41.4 Å². The number of aliphatic hydroxyl groups is 2. The predicted molar refractivity (Wildman–Crippen MR) is 231 cm³/mol. The number of carbonyl (C=O) groups excluding carboxylic acids is 4. The molecular formula is C46H61N5O12. The van der Waals surface area contributed by atoms with E-state index in [0.717, 1.165) is 11.6 Å². The number of piperidine rings is 1. The van der Waals surface area contributed by atoms with Crippen molar-refractivity contribution >= 4 is 29.2 Å². The first-order valence-corrected chi connectivity index (χ1v) is 21.6. The Morgan fingerprint density at radius 2 is 1.68 bits per heavy atom. The van der Waals surface area contributed by atoms with Crippen molar-refractivity contribution in [1.82, 2.24) is 15.2 Å². The number of allylic oxidation sites excluding steroid dienone is 4. The summed E-state index contributed by atoms with van der Waals surface area (Å²) in [4.78, 5) is 76.4. The number of hydrogen-bond donors (Lipinski definition) is 4. The molecule has 17 nitrogen and oxygen atoms in total. The molecule has 1 aromatic rings. The third-order valence-electron chi connectivity index (χ3n) is 13.2. The van der Waals surface area contributed by atoms with E-state index in [1.54, 1.807) is 39.8 Å². The van der Waals surface area contributed by atoms with Crippen LogP contribution in [0.3, 0.4) is 0 Å². The zero-order valence-corrected chi connectivity index (χ0v) is 37.9. The molecule has 0 aromatic heterocycles. The lowest BCUT2D eigenvalue weighted by atomic mass is 9.78. The number of ether oxygens (including phenoxy) is 4. The molecule has 5 aliphatic rings. The molecule has 1 saturated heterocycles. The molecule has 4 heterocycles. The fourth-order valence-electron chi connectivity index (χ4n) is 9.52. The number of benzene rings is 1. The maximum Gasteiger partial charge on any atom is 0.312 e. The highest BCUT2D eigenvalue weighted by Crippen LogP contribution is 2.52. The average molecular weight is 876 g/mol. The SMILES string of the molecule is CO[C@H]1/C=C/O[C@@]2(C)Oc3c(C)c(O)c4c(c3C2=O)C2=NC3(CCN(CC(C)C)CC3)N(N=O)C2=C(NC(=O)/C(C)=C\C=C\[C@H](C)[C@H](O)[C@@H](C)[C@@H](O)[C@@H](C)[C@H](OC(C)=O)[C@@H]1C)C4=O. The summed E-state index contributed by atoms with van der Waals surface area (Å²) in [6.45, 7) is 18.6. The Morgan fingerprint density at radius 3 is 2.29 bits per heavy atom. The van der Waals surface area contributed by atoms with Gasteiger partial charge in [-0.05, 0) is 25.8 Å². The molecule has 4 N–H and O–H groups in total. The Morgan fingerprint density at radius 1 is 1.02 bits per heavy atom. The molecule has 4 aliphatic heterocycles. The number of amides is 1. The number of ketones is 2. The van der Waals surface area contributed by atoms with Crippen molar-refractivity contribution in [3.63, 3.8) is 0 Å². The number of Topliss-reactive ketones (excluding diaryl/α,β-unsaturated/α-hetero) is 2. The van der Waals surface area contributed by atoms with E-state index in [9.17, 15) is 39.4 Å². The van der Waals surface area contributed by atoms with Crippen molar-refractivity contribution in [3.05, 3.63) is 74.7 Å². The van der Waals surface area contributed by atoms with Gasteiger partial charge < -0.3 is 44.5 Å². The van der Waals surface area contributed by atoms with E-state index in [1.807, 2.05) is 0 Å². The smallest absolute Gasteiger partial charge is 0.312 e. The van der Waals surface area contributed by atoms with Crippen molar-refractivity contribution < 1.29 is 53.4 Å². The lowest BCUT2D eigenvalue weighted by molar-refractivity contribution is -0.160. The number of aliphatic hydroxyl groups excluding tert-OH is 2. The normalized spacial score (nSPS) is 33.2. The van der Waals surface area contributed by atoms with Crippen LogP contribution in [-0.4, -0.2) is 117 Å². The van der Waals surface area contributed by atoms with E-state index in [0.29, 0.717) is 31.8 Å². The number of carbonyl (C=O) groups is 4. The molecule has 1 aromatic carbocycles. The highest BCUT2D eigenvalue weighted by atomic mass is 16.7. The maximum absolute atomic E-state index is 14.8. The summed E-state index contributed by atoms with van der Waals surface area (Å²) in [6, 6.07) is 0. The molecule has 17 heteroatoms. The van der Waals surface area contributed by atoms with Crippen LogP contribution in [0.2, 0.25) is 0 Å². The number of aliphatic imine (C=N–C) groups is 1. The number of methoxy groups -OCH3 is 1. The zero-order valence-electron chi connectivity index (χ0n) is 37.9. The van der Waals surface area contributed by atoms with Crippen LogP contribution < -0.4 is 10.1 Å². The Balaban J connectivity index is 1.53. The Labute approximate surface area is 367 Å².